The second-order valence-corrected chi connectivity index (χ2v) is 6.53. The quantitative estimate of drug-likeness (QED) is 0.684. The van der Waals surface area contributed by atoms with Crippen LogP contribution in [0, 0.1) is 5.41 Å². The molecule has 1 aromatic rings. The van der Waals surface area contributed by atoms with E-state index in [0.29, 0.717) is 18.1 Å². The fourth-order valence-corrected chi connectivity index (χ4v) is 3.66. The van der Waals surface area contributed by atoms with E-state index in [4.69, 9.17) is 4.74 Å². The van der Waals surface area contributed by atoms with Crippen molar-refractivity contribution in [1.29, 1.82) is 0 Å². The van der Waals surface area contributed by atoms with Gasteiger partial charge in [-0.2, -0.15) is 13.2 Å². The third kappa shape index (κ3) is 1.57. The van der Waals surface area contributed by atoms with Crippen LogP contribution in [-0.2, 0) is 10.3 Å². The molecule has 4 rings (SSSR count). The molecular weight excluding hydrogens is 311 g/mol. The Kier molecular flexibility index (Phi) is 2.57. The lowest BCUT2D eigenvalue weighted by Gasteiger charge is -2.52. The van der Waals surface area contributed by atoms with Gasteiger partial charge in [0.2, 0.25) is 0 Å². The first kappa shape index (κ1) is 14.5. The molecule has 0 amide bonds. The van der Waals surface area contributed by atoms with Crippen molar-refractivity contribution in [3.8, 4) is 0 Å². The lowest BCUT2D eigenvalue weighted by molar-refractivity contribution is -0.203. The van der Waals surface area contributed by atoms with Gasteiger partial charge in [-0.25, -0.2) is 4.68 Å². The Morgan fingerprint density at radius 2 is 2.04 bits per heavy atom. The summed E-state index contributed by atoms with van der Waals surface area (Å²) >= 11 is 0. The maximum atomic E-state index is 13.7. The van der Waals surface area contributed by atoms with Gasteiger partial charge in [-0.3, -0.25) is 0 Å². The highest BCUT2D eigenvalue weighted by Gasteiger charge is 2.61. The van der Waals surface area contributed by atoms with Gasteiger partial charge in [0.05, 0.1) is 18.3 Å². The van der Waals surface area contributed by atoms with E-state index in [2.05, 4.69) is 15.5 Å². The average molecular weight is 327 g/mol. The van der Waals surface area contributed by atoms with Crippen LogP contribution in [0.3, 0.4) is 0 Å². The first-order valence-corrected chi connectivity index (χ1v) is 7.41. The van der Waals surface area contributed by atoms with Crippen molar-refractivity contribution < 1.29 is 17.9 Å². The van der Waals surface area contributed by atoms with Crippen molar-refractivity contribution in [3.63, 3.8) is 0 Å². The minimum atomic E-state index is -4.44. The molecule has 1 aromatic heterocycles. The fourth-order valence-electron chi connectivity index (χ4n) is 3.66. The van der Waals surface area contributed by atoms with Crippen LogP contribution >= 0.6 is 0 Å². The number of nitrogens with zero attached hydrogens (tertiary/aromatic N) is 5. The predicted octanol–water partition coefficient (Wildman–Crippen LogP) is 2.15. The van der Waals surface area contributed by atoms with Gasteiger partial charge in [-0.05, 0) is 31.2 Å². The maximum absolute atomic E-state index is 13.7. The van der Waals surface area contributed by atoms with Crippen LogP contribution in [0.4, 0.5) is 13.2 Å². The Labute approximate surface area is 130 Å². The number of halogens is 3. The summed E-state index contributed by atoms with van der Waals surface area (Å²) in [5.74, 6) is 0.590. The van der Waals surface area contributed by atoms with E-state index in [1.54, 1.807) is 4.68 Å². The number of alkyl halides is 3. The Balaban J connectivity index is 2.02. The monoisotopic (exact) mass is 327 g/mol. The van der Waals surface area contributed by atoms with Crippen molar-refractivity contribution in [2.45, 2.75) is 38.5 Å². The van der Waals surface area contributed by atoms with Crippen molar-refractivity contribution >= 4 is 0 Å². The largest absolute Gasteiger partial charge is 0.493 e. The van der Waals surface area contributed by atoms with Gasteiger partial charge >= 0.3 is 6.18 Å². The van der Waals surface area contributed by atoms with E-state index >= 15 is 0 Å². The van der Waals surface area contributed by atoms with Gasteiger partial charge in [0.25, 0.3) is 0 Å². The van der Waals surface area contributed by atoms with Gasteiger partial charge in [0.1, 0.15) is 23.3 Å². The summed E-state index contributed by atoms with van der Waals surface area (Å²) < 4.78 is 48.2. The number of tetrazole rings is 1. The molecule has 0 spiro atoms. The first-order chi connectivity index (χ1) is 10.7. The summed E-state index contributed by atoms with van der Waals surface area (Å²) in [5, 5.41) is 11.8. The molecule has 0 saturated heterocycles. The molecule has 124 valence electrons. The number of hydrogen-bond acceptors (Lipinski definition) is 5. The molecule has 0 aromatic carbocycles. The van der Waals surface area contributed by atoms with Crippen molar-refractivity contribution in [1.82, 2.24) is 25.1 Å². The molecule has 23 heavy (non-hydrogen) atoms. The van der Waals surface area contributed by atoms with Gasteiger partial charge < -0.3 is 9.64 Å². The number of fused-ring (bicyclic) bond motifs is 2. The normalized spacial score (nSPS) is 35.7. The molecule has 0 N–H and O–H groups in total. The fraction of sp³-hybridized carbons (Fsp3) is 0.643. The highest BCUT2D eigenvalue weighted by atomic mass is 19.4. The molecule has 1 aliphatic carbocycles. The molecule has 0 saturated carbocycles. The zero-order valence-corrected chi connectivity index (χ0v) is 12.9. The molecular formula is C14H16F3N5O. The molecule has 9 heteroatoms. The van der Waals surface area contributed by atoms with E-state index in [-0.39, 0.29) is 18.4 Å². The number of hydrogen-bond donors (Lipinski definition) is 0. The van der Waals surface area contributed by atoms with Crippen LogP contribution in [0.2, 0.25) is 0 Å². The van der Waals surface area contributed by atoms with Crippen LogP contribution in [0.25, 0.3) is 0 Å². The first-order valence-electron chi connectivity index (χ1n) is 7.41. The topological polar surface area (TPSA) is 56.1 Å². The second kappa shape index (κ2) is 4.07. The Morgan fingerprint density at radius 1 is 1.30 bits per heavy atom. The van der Waals surface area contributed by atoms with Gasteiger partial charge in [-0.15, -0.1) is 5.10 Å². The Bertz CT molecular complexity index is 739. The molecule has 6 nitrogen and oxygen atoms in total. The zero-order valence-electron chi connectivity index (χ0n) is 12.9. The van der Waals surface area contributed by atoms with Crippen molar-refractivity contribution in [2.24, 2.45) is 5.41 Å². The Hall–Kier alpha value is -2.06. The number of rotatable bonds is 0. The maximum Gasteiger partial charge on any atom is 0.404 e. The van der Waals surface area contributed by atoms with E-state index in [0.717, 1.165) is 13.0 Å². The van der Waals surface area contributed by atoms with E-state index in [9.17, 15) is 13.2 Å². The number of allylic oxidation sites excluding steroid dienone is 2. The van der Waals surface area contributed by atoms with E-state index in [1.807, 2.05) is 18.7 Å². The zero-order chi connectivity index (χ0) is 16.6. The van der Waals surface area contributed by atoms with E-state index in [1.165, 1.54) is 6.08 Å². The molecule has 3 heterocycles. The van der Waals surface area contributed by atoms with Gasteiger partial charge in [0, 0.05) is 0 Å². The van der Waals surface area contributed by atoms with Crippen LogP contribution < -0.4 is 0 Å². The smallest absolute Gasteiger partial charge is 0.404 e. The van der Waals surface area contributed by atoms with Crippen LogP contribution in [0.15, 0.2) is 23.6 Å². The molecule has 3 atom stereocenters. The minimum Gasteiger partial charge on any atom is -0.493 e. The number of aromatic nitrogens is 4. The summed E-state index contributed by atoms with van der Waals surface area (Å²) in [4.78, 5) is 1.93. The second-order valence-electron chi connectivity index (χ2n) is 6.53. The molecule has 0 radical (unpaired) electrons. The predicted molar refractivity (Wildman–Crippen MR) is 72.9 cm³/mol. The summed E-state index contributed by atoms with van der Waals surface area (Å²) in [6.07, 6.45) is -1.75. The van der Waals surface area contributed by atoms with Crippen LogP contribution in [0.1, 0.15) is 32.6 Å². The molecule has 2 aliphatic heterocycles. The number of ether oxygens (including phenoxy) is 1. The minimum absolute atomic E-state index is 0.0470. The van der Waals surface area contributed by atoms with E-state index < -0.39 is 17.1 Å². The molecule has 0 fully saturated rings. The molecule has 3 aliphatic rings. The summed E-state index contributed by atoms with van der Waals surface area (Å²) in [6.45, 7) is 5.56. The lowest BCUT2D eigenvalue weighted by Crippen LogP contribution is -2.56. The summed E-state index contributed by atoms with van der Waals surface area (Å²) in [6, 6.07) is -0.212. The van der Waals surface area contributed by atoms with Crippen LogP contribution in [-0.4, -0.2) is 44.4 Å². The van der Waals surface area contributed by atoms with Gasteiger partial charge in [0.15, 0.2) is 5.82 Å². The molecule has 3 unspecified atom stereocenters. The highest BCUT2D eigenvalue weighted by molar-refractivity contribution is 5.42. The third-order valence-corrected chi connectivity index (χ3v) is 5.14. The average Bonchev–Trinajstić information content (AvgIpc) is 2.99. The van der Waals surface area contributed by atoms with Gasteiger partial charge in [-0.1, -0.05) is 12.2 Å². The summed E-state index contributed by atoms with van der Waals surface area (Å²) in [5.41, 5.74) is -2.53. The third-order valence-electron chi connectivity index (χ3n) is 5.14. The van der Waals surface area contributed by atoms with Crippen molar-refractivity contribution in [2.75, 3.05) is 13.2 Å². The SMILES string of the molecule is CC1c2nnnn2C2(C)C=CC(C)(C(F)(F)F)C3=C2N1CCO3. The molecule has 0 bridgehead atoms. The lowest BCUT2D eigenvalue weighted by atomic mass is 9.74. The highest BCUT2D eigenvalue weighted by Crippen LogP contribution is 2.56. The summed E-state index contributed by atoms with van der Waals surface area (Å²) in [7, 11) is 0. The van der Waals surface area contributed by atoms with Crippen LogP contribution in [0.5, 0.6) is 0 Å². The van der Waals surface area contributed by atoms with Crippen molar-refractivity contribution in [3.05, 3.63) is 29.4 Å². The standard InChI is InChI=1S/C14H16F3N5O/c1-8-11-18-19-20-22(11)13(3)5-4-12(2,14(15,16)17)10-9(13)21(8)6-7-23-10/h4-5,8H,6-7H2,1-3H3. The Morgan fingerprint density at radius 3 is 2.74 bits per heavy atom.